The zero-order chi connectivity index (χ0) is 11.6. The number of hydrogen-bond donors (Lipinski definition) is 2. The Bertz CT molecular complexity index is 550. The largest absolute Gasteiger partial charge is 0.325 e. The molecule has 1 aromatic heterocycles. The summed E-state index contributed by atoms with van der Waals surface area (Å²) in [5, 5.41) is 2.07. The third-order valence-electron chi connectivity index (χ3n) is 2.35. The summed E-state index contributed by atoms with van der Waals surface area (Å²) in [6, 6.07) is 9.63. The lowest BCUT2D eigenvalue weighted by molar-refractivity contribution is 0.373. The molecule has 2 aromatic rings. The van der Waals surface area contributed by atoms with E-state index >= 15 is 0 Å². The number of aryl methyl sites for hydroxylation is 1. The highest BCUT2D eigenvalue weighted by molar-refractivity contribution is 7.51. The molecule has 0 fully saturated rings. The van der Waals surface area contributed by atoms with E-state index in [9.17, 15) is 4.57 Å². The van der Waals surface area contributed by atoms with E-state index < -0.39 is 7.60 Å². The van der Waals surface area contributed by atoms with Crippen LogP contribution >= 0.6 is 7.60 Å². The van der Waals surface area contributed by atoms with Crippen molar-refractivity contribution in [1.82, 2.24) is 4.98 Å². The molecule has 2 N–H and O–H groups in total. The molecule has 0 aliphatic carbocycles. The standard InChI is InChI=1S/C11H12NO3P/c13-16(14,15)6-5-11-7-9-3-1-2-4-10(9)8-12-11/h1-4,7-8H,5-6H2,(H2,13,14,15). The van der Waals surface area contributed by atoms with E-state index in [4.69, 9.17) is 9.79 Å². The Hall–Kier alpha value is -1.22. The lowest BCUT2D eigenvalue weighted by atomic mass is 10.1. The summed E-state index contributed by atoms with van der Waals surface area (Å²) in [6.07, 6.45) is 1.87. The van der Waals surface area contributed by atoms with E-state index in [1.165, 1.54) is 0 Å². The van der Waals surface area contributed by atoms with Crippen molar-refractivity contribution in [3.8, 4) is 0 Å². The van der Waals surface area contributed by atoms with Crippen LogP contribution in [0.2, 0.25) is 0 Å². The van der Waals surface area contributed by atoms with Crippen molar-refractivity contribution < 1.29 is 14.4 Å². The fourth-order valence-electron chi connectivity index (χ4n) is 1.53. The summed E-state index contributed by atoms with van der Waals surface area (Å²) in [6.45, 7) is 0. The second kappa shape index (κ2) is 4.34. The first-order valence-corrected chi connectivity index (χ1v) is 6.73. The highest BCUT2D eigenvalue weighted by atomic mass is 31.2. The zero-order valence-electron chi connectivity index (χ0n) is 8.58. The highest BCUT2D eigenvalue weighted by Gasteiger charge is 2.12. The molecule has 16 heavy (non-hydrogen) atoms. The molecule has 5 heteroatoms. The van der Waals surface area contributed by atoms with E-state index in [1.54, 1.807) is 6.20 Å². The number of rotatable bonds is 3. The van der Waals surface area contributed by atoms with E-state index in [0.29, 0.717) is 12.1 Å². The number of fused-ring (bicyclic) bond motifs is 1. The summed E-state index contributed by atoms with van der Waals surface area (Å²) < 4.78 is 10.7. The van der Waals surface area contributed by atoms with Gasteiger partial charge in [0.1, 0.15) is 0 Å². The summed E-state index contributed by atoms with van der Waals surface area (Å²) >= 11 is 0. The van der Waals surface area contributed by atoms with Crippen LogP contribution in [-0.4, -0.2) is 20.9 Å². The third-order valence-corrected chi connectivity index (χ3v) is 3.15. The van der Waals surface area contributed by atoms with Crippen LogP contribution in [0.1, 0.15) is 5.69 Å². The fourth-order valence-corrected chi connectivity index (χ4v) is 2.05. The summed E-state index contributed by atoms with van der Waals surface area (Å²) in [7, 11) is -3.93. The molecule has 0 bridgehead atoms. The van der Waals surface area contributed by atoms with Gasteiger partial charge in [0.05, 0.1) is 6.16 Å². The van der Waals surface area contributed by atoms with Crippen molar-refractivity contribution in [2.24, 2.45) is 0 Å². The van der Waals surface area contributed by atoms with Crippen molar-refractivity contribution in [1.29, 1.82) is 0 Å². The minimum Gasteiger partial charge on any atom is -0.324 e. The fraction of sp³-hybridized carbons (Fsp3) is 0.182. The first-order valence-electron chi connectivity index (χ1n) is 4.93. The minimum atomic E-state index is -3.93. The van der Waals surface area contributed by atoms with Crippen molar-refractivity contribution in [2.75, 3.05) is 6.16 Å². The molecule has 0 saturated heterocycles. The Balaban J connectivity index is 2.23. The average Bonchev–Trinajstić information content (AvgIpc) is 2.25. The van der Waals surface area contributed by atoms with Crippen LogP contribution in [0, 0.1) is 0 Å². The monoisotopic (exact) mass is 237 g/mol. The molecular formula is C11H12NO3P. The van der Waals surface area contributed by atoms with E-state index in [-0.39, 0.29) is 6.16 Å². The van der Waals surface area contributed by atoms with Gasteiger partial charge in [0, 0.05) is 23.7 Å². The molecule has 0 saturated carbocycles. The zero-order valence-corrected chi connectivity index (χ0v) is 9.47. The van der Waals surface area contributed by atoms with Gasteiger partial charge in [-0.05, 0) is 11.5 Å². The van der Waals surface area contributed by atoms with Gasteiger partial charge in [-0.15, -0.1) is 0 Å². The molecule has 0 radical (unpaired) electrons. The smallest absolute Gasteiger partial charge is 0.324 e. The Morgan fingerprint density at radius 1 is 1.19 bits per heavy atom. The Morgan fingerprint density at radius 2 is 1.88 bits per heavy atom. The maximum Gasteiger partial charge on any atom is 0.325 e. The van der Waals surface area contributed by atoms with E-state index in [0.717, 1.165) is 10.8 Å². The van der Waals surface area contributed by atoms with Crippen LogP contribution < -0.4 is 0 Å². The Labute approximate surface area is 93.1 Å². The van der Waals surface area contributed by atoms with Crippen LogP contribution in [0.4, 0.5) is 0 Å². The highest BCUT2D eigenvalue weighted by Crippen LogP contribution is 2.34. The lowest BCUT2D eigenvalue weighted by Crippen LogP contribution is -1.96. The maximum absolute atomic E-state index is 10.7. The van der Waals surface area contributed by atoms with Crippen LogP contribution in [0.3, 0.4) is 0 Å². The average molecular weight is 237 g/mol. The van der Waals surface area contributed by atoms with Crippen LogP contribution in [0.25, 0.3) is 10.8 Å². The van der Waals surface area contributed by atoms with Gasteiger partial charge in [-0.3, -0.25) is 9.55 Å². The molecule has 2 rings (SSSR count). The number of aromatic nitrogens is 1. The normalized spacial score (nSPS) is 11.9. The number of nitrogens with zero attached hydrogens (tertiary/aromatic N) is 1. The number of hydrogen-bond acceptors (Lipinski definition) is 2. The van der Waals surface area contributed by atoms with Gasteiger partial charge in [0.25, 0.3) is 0 Å². The Kier molecular flexibility index (Phi) is 3.06. The quantitative estimate of drug-likeness (QED) is 0.800. The molecular weight excluding hydrogens is 225 g/mol. The molecule has 0 aliphatic heterocycles. The predicted molar refractivity (Wildman–Crippen MR) is 62.4 cm³/mol. The maximum atomic E-state index is 10.7. The summed E-state index contributed by atoms with van der Waals surface area (Å²) in [5.74, 6) is 0. The van der Waals surface area contributed by atoms with Crippen LogP contribution in [0.5, 0.6) is 0 Å². The third kappa shape index (κ3) is 2.89. The number of benzene rings is 1. The van der Waals surface area contributed by atoms with E-state index in [2.05, 4.69) is 4.98 Å². The lowest BCUT2D eigenvalue weighted by Gasteiger charge is -2.04. The van der Waals surface area contributed by atoms with Gasteiger partial charge < -0.3 is 9.79 Å². The van der Waals surface area contributed by atoms with Crippen molar-refractivity contribution in [3.05, 3.63) is 42.2 Å². The molecule has 0 atom stereocenters. The van der Waals surface area contributed by atoms with Gasteiger partial charge in [0.15, 0.2) is 0 Å². The molecule has 0 amide bonds. The second-order valence-corrected chi connectivity index (χ2v) is 5.44. The Morgan fingerprint density at radius 3 is 2.56 bits per heavy atom. The van der Waals surface area contributed by atoms with Gasteiger partial charge in [-0.1, -0.05) is 24.3 Å². The molecule has 0 unspecified atom stereocenters. The van der Waals surface area contributed by atoms with Crippen LogP contribution in [0.15, 0.2) is 36.5 Å². The molecule has 1 aromatic carbocycles. The summed E-state index contributed by atoms with van der Waals surface area (Å²) in [4.78, 5) is 21.7. The van der Waals surface area contributed by atoms with Gasteiger partial charge in [-0.2, -0.15) is 0 Å². The first-order chi connectivity index (χ1) is 7.54. The molecule has 0 spiro atoms. The van der Waals surface area contributed by atoms with Gasteiger partial charge >= 0.3 is 7.60 Å². The van der Waals surface area contributed by atoms with Gasteiger partial charge in [-0.25, -0.2) is 0 Å². The molecule has 1 heterocycles. The first kappa shape index (κ1) is 11.3. The SMILES string of the molecule is O=P(O)(O)CCc1cc2ccccc2cn1. The molecule has 84 valence electrons. The van der Waals surface area contributed by atoms with E-state index in [1.807, 2.05) is 30.3 Å². The van der Waals surface area contributed by atoms with Crippen molar-refractivity contribution in [2.45, 2.75) is 6.42 Å². The topological polar surface area (TPSA) is 70.4 Å². The number of pyridine rings is 1. The van der Waals surface area contributed by atoms with Crippen molar-refractivity contribution >= 4 is 18.4 Å². The van der Waals surface area contributed by atoms with Crippen LogP contribution in [-0.2, 0) is 11.0 Å². The van der Waals surface area contributed by atoms with Crippen molar-refractivity contribution in [3.63, 3.8) is 0 Å². The predicted octanol–water partition coefficient (Wildman–Crippen LogP) is 1.95. The summed E-state index contributed by atoms with van der Waals surface area (Å²) in [5.41, 5.74) is 0.710. The van der Waals surface area contributed by atoms with Gasteiger partial charge in [0.2, 0.25) is 0 Å². The second-order valence-electron chi connectivity index (χ2n) is 3.66. The minimum absolute atomic E-state index is 0.154. The molecule has 0 aliphatic rings. The molecule has 4 nitrogen and oxygen atoms in total.